The van der Waals surface area contributed by atoms with E-state index < -0.39 is 18.0 Å². The van der Waals surface area contributed by atoms with Gasteiger partial charge in [-0.15, -0.1) is 9.78 Å². The lowest BCUT2D eigenvalue weighted by Gasteiger charge is -2.21. The zero-order valence-electron chi connectivity index (χ0n) is 25.9. The number of aliphatic imine (C=N–C) groups is 1. The van der Waals surface area contributed by atoms with E-state index in [1.165, 1.54) is 36.3 Å². The highest BCUT2D eigenvalue weighted by atomic mass is 19.1. The number of benzene rings is 2. The monoisotopic (exact) mass is 635 g/mol. The van der Waals surface area contributed by atoms with Crippen LogP contribution in [-0.4, -0.2) is 68.7 Å². The highest BCUT2D eigenvalue weighted by Gasteiger charge is 2.28. The number of hydrogen-bond donors (Lipinski definition) is 3. The first kappa shape index (κ1) is 33.6. The minimum atomic E-state index is -1.06. The summed E-state index contributed by atoms with van der Waals surface area (Å²) in [5.41, 5.74) is 6.90. The number of ether oxygens (including phenoxy) is 4. The van der Waals surface area contributed by atoms with Gasteiger partial charge in [0.15, 0.2) is 17.4 Å². The summed E-state index contributed by atoms with van der Waals surface area (Å²) in [6.45, 7) is 5.70. The van der Waals surface area contributed by atoms with Gasteiger partial charge in [-0.2, -0.15) is 9.98 Å². The number of halogens is 1. The molecule has 0 fully saturated rings. The van der Waals surface area contributed by atoms with E-state index in [1.807, 2.05) is 20.8 Å². The first-order valence-electron chi connectivity index (χ1n) is 14.2. The summed E-state index contributed by atoms with van der Waals surface area (Å²) in [6.07, 6.45) is 3.06. The van der Waals surface area contributed by atoms with Crippen molar-refractivity contribution in [2.24, 2.45) is 16.1 Å². The molecule has 14 nitrogen and oxygen atoms in total. The Bertz CT molecular complexity index is 1650. The topological polar surface area (TPSA) is 181 Å². The molecule has 4 rings (SSSR count). The maximum atomic E-state index is 16.0. The molecule has 2 heterocycles. The molecule has 1 amide bonds. The smallest absolute Gasteiger partial charge is 0.435 e. The van der Waals surface area contributed by atoms with Crippen molar-refractivity contribution in [1.29, 1.82) is 0 Å². The number of aliphatic hydroxyl groups excluding tert-OH is 1. The van der Waals surface area contributed by atoms with Crippen LogP contribution in [-0.2, 0) is 4.74 Å². The van der Waals surface area contributed by atoms with Crippen LogP contribution in [0.25, 0.3) is 5.95 Å². The molecule has 0 saturated carbocycles. The fraction of sp³-hybridized carbons (Fsp3) is 0.323. The summed E-state index contributed by atoms with van der Waals surface area (Å²) in [6, 6.07) is 9.94. The van der Waals surface area contributed by atoms with Gasteiger partial charge in [-0.05, 0) is 48.2 Å². The fourth-order valence-corrected chi connectivity index (χ4v) is 3.98. The quantitative estimate of drug-likeness (QED) is 0.133. The second-order valence-electron chi connectivity index (χ2n) is 10.7. The number of aliphatic hydroxyl groups is 1. The number of amides is 1. The lowest BCUT2D eigenvalue weighted by Crippen LogP contribution is -2.22. The Kier molecular flexibility index (Phi) is 11.0. The SMILES string of the molecule is [CH2]Oc1nc([C@H](Nc2ccc(/C(N)=N/C(=O)OCC(C)(C)CC)cc2)c2cc(OC)cc(OCCO)c2F)nn1-c1ncccn1. The lowest BCUT2D eigenvalue weighted by atomic mass is 9.92. The number of carbonyl (C=O) groups excluding carboxylic acids is 1. The molecule has 0 spiro atoms. The predicted molar refractivity (Wildman–Crippen MR) is 167 cm³/mol. The second kappa shape index (κ2) is 15.1. The van der Waals surface area contributed by atoms with E-state index in [0.29, 0.717) is 11.3 Å². The van der Waals surface area contributed by atoms with Crippen molar-refractivity contribution >= 4 is 17.6 Å². The van der Waals surface area contributed by atoms with Crippen LogP contribution in [0.5, 0.6) is 17.5 Å². The molecule has 1 atom stereocenters. The molecule has 0 bridgehead atoms. The molecular formula is C31H36FN8O6. The van der Waals surface area contributed by atoms with Crippen molar-refractivity contribution in [3.8, 4) is 23.5 Å². The number of anilines is 1. The van der Waals surface area contributed by atoms with Crippen molar-refractivity contribution in [1.82, 2.24) is 24.7 Å². The van der Waals surface area contributed by atoms with Crippen molar-refractivity contribution in [2.75, 3.05) is 32.2 Å². The lowest BCUT2D eigenvalue weighted by molar-refractivity contribution is 0.105. The maximum Gasteiger partial charge on any atom is 0.435 e. The summed E-state index contributed by atoms with van der Waals surface area (Å²) < 4.78 is 38.5. The Morgan fingerprint density at radius 1 is 1.22 bits per heavy atom. The van der Waals surface area contributed by atoms with Gasteiger partial charge in [0.2, 0.25) is 0 Å². The largest absolute Gasteiger partial charge is 0.497 e. The summed E-state index contributed by atoms with van der Waals surface area (Å²) in [5.74, 6) is -0.435. The van der Waals surface area contributed by atoms with E-state index in [1.54, 1.807) is 30.3 Å². The van der Waals surface area contributed by atoms with Crippen LogP contribution in [0, 0.1) is 18.3 Å². The number of hydrogen-bond acceptors (Lipinski definition) is 11. The molecule has 15 heteroatoms. The Balaban J connectivity index is 1.71. The number of nitrogens with one attached hydrogen (secondary N) is 1. The average Bonchev–Trinajstić information content (AvgIpc) is 3.51. The molecule has 2 aromatic heterocycles. The van der Waals surface area contributed by atoms with E-state index in [2.05, 4.69) is 37.5 Å². The number of rotatable bonds is 14. The summed E-state index contributed by atoms with van der Waals surface area (Å²) >= 11 is 0. The Morgan fingerprint density at radius 3 is 2.57 bits per heavy atom. The predicted octanol–water partition coefficient (Wildman–Crippen LogP) is 4.23. The van der Waals surface area contributed by atoms with Crippen molar-refractivity contribution in [3.05, 3.63) is 84.7 Å². The van der Waals surface area contributed by atoms with Crippen molar-refractivity contribution < 1.29 is 33.2 Å². The Labute approximate surface area is 265 Å². The van der Waals surface area contributed by atoms with Crippen molar-refractivity contribution in [3.63, 3.8) is 0 Å². The Hall–Kier alpha value is -5.31. The number of nitrogens with zero attached hydrogens (tertiary/aromatic N) is 6. The second-order valence-corrected chi connectivity index (χ2v) is 10.7. The Morgan fingerprint density at radius 2 is 1.93 bits per heavy atom. The van der Waals surface area contributed by atoms with Crippen LogP contribution in [0.3, 0.4) is 0 Å². The first-order valence-corrected chi connectivity index (χ1v) is 14.2. The van der Waals surface area contributed by atoms with Gasteiger partial charge < -0.3 is 35.1 Å². The van der Waals surface area contributed by atoms with E-state index in [4.69, 9.17) is 24.7 Å². The van der Waals surface area contributed by atoms with Crippen LogP contribution in [0.1, 0.15) is 50.2 Å². The summed E-state index contributed by atoms with van der Waals surface area (Å²) in [5, 5.41) is 17.0. The van der Waals surface area contributed by atoms with Gasteiger partial charge in [0.05, 0.1) is 20.3 Å². The molecule has 0 saturated heterocycles. The highest BCUT2D eigenvalue weighted by molar-refractivity contribution is 6.02. The molecule has 243 valence electrons. The number of carbonyl (C=O) groups is 1. The first-order chi connectivity index (χ1) is 22.1. The van der Waals surface area contributed by atoms with Gasteiger partial charge in [0, 0.05) is 35.3 Å². The molecule has 2 aromatic carbocycles. The third kappa shape index (κ3) is 8.24. The fourth-order valence-electron chi connectivity index (χ4n) is 3.98. The van der Waals surface area contributed by atoms with Crippen LogP contribution >= 0.6 is 0 Å². The van der Waals surface area contributed by atoms with Crippen LogP contribution in [0.2, 0.25) is 0 Å². The normalized spacial score (nSPS) is 12.4. The zero-order chi connectivity index (χ0) is 33.3. The van der Waals surface area contributed by atoms with E-state index in [0.717, 1.165) is 6.42 Å². The van der Waals surface area contributed by atoms with E-state index in [9.17, 15) is 9.90 Å². The molecule has 4 N–H and O–H groups in total. The van der Waals surface area contributed by atoms with E-state index >= 15 is 4.39 Å². The number of aromatic nitrogens is 5. The summed E-state index contributed by atoms with van der Waals surface area (Å²) in [4.78, 5) is 28.9. The molecule has 0 aliphatic rings. The third-order valence-electron chi connectivity index (χ3n) is 6.91. The van der Waals surface area contributed by atoms with Gasteiger partial charge >= 0.3 is 12.1 Å². The molecule has 1 radical (unpaired) electrons. The highest BCUT2D eigenvalue weighted by Crippen LogP contribution is 2.36. The van der Waals surface area contributed by atoms with Crippen LogP contribution in [0.15, 0.2) is 59.9 Å². The molecular weight excluding hydrogens is 599 g/mol. The minimum absolute atomic E-state index is 0.0348. The van der Waals surface area contributed by atoms with Gasteiger partial charge in [0.1, 0.15) is 31.3 Å². The maximum absolute atomic E-state index is 16.0. The molecule has 0 unspecified atom stereocenters. The van der Waals surface area contributed by atoms with Crippen molar-refractivity contribution in [2.45, 2.75) is 33.2 Å². The molecule has 0 aliphatic heterocycles. The average molecular weight is 636 g/mol. The number of methoxy groups -OCH3 is 1. The van der Waals surface area contributed by atoms with Gasteiger partial charge in [-0.25, -0.2) is 19.2 Å². The summed E-state index contributed by atoms with van der Waals surface area (Å²) in [7, 11) is 4.87. The number of amidine groups is 1. The number of nitrogens with two attached hydrogens (primary N) is 1. The molecule has 4 aromatic rings. The third-order valence-corrected chi connectivity index (χ3v) is 6.91. The van der Waals surface area contributed by atoms with Crippen LogP contribution < -0.4 is 25.3 Å². The zero-order valence-corrected chi connectivity index (χ0v) is 25.9. The molecule has 0 aliphatic carbocycles. The van der Waals surface area contributed by atoms with Gasteiger partial charge in [-0.1, -0.05) is 20.8 Å². The molecule has 46 heavy (non-hydrogen) atoms. The standard InChI is InChI=1S/C31H36FN8O6/c1-6-31(2,3)18-46-30(42)37-26(33)19-8-10-20(11-9-19)36-25(22-16-21(43-4)17-23(24(22)32)45-15-14-41)27-38-29(44-5)40(39-27)28-34-12-7-13-35-28/h7-13,16-17,25,36,41H,5-6,14-15,18H2,1-4H3,(H2,33,37,42)/t25-/m1/s1. The van der Waals surface area contributed by atoms with Gasteiger partial charge in [-0.3, -0.25) is 0 Å². The minimum Gasteiger partial charge on any atom is -0.497 e. The van der Waals surface area contributed by atoms with Gasteiger partial charge in [0.25, 0.3) is 5.95 Å². The van der Waals surface area contributed by atoms with E-state index in [-0.39, 0.29) is 65.9 Å². The van der Waals surface area contributed by atoms with Crippen LogP contribution in [0.4, 0.5) is 14.9 Å².